The minimum Gasteiger partial charge on any atom is -0.490 e. The molecule has 8 nitrogen and oxygen atoms in total. The summed E-state index contributed by atoms with van der Waals surface area (Å²) >= 11 is 1.32. The molecule has 1 heterocycles. The third-order valence-corrected chi connectivity index (χ3v) is 8.19. The zero-order valence-corrected chi connectivity index (χ0v) is 24.4. The van der Waals surface area contributed by atoms with Crippen LogP contribution in [0.2, 0.25) is 0 Å². The van der Waals surface area contributed by atoms with Gasteiger partial charge in [0, 0.05) is 10.6 Å². The van der Waals surface area contributed by atoms with E-state index in [2.05, 4.69) is 60.4 Å². The van der Waals surface area contributed by atoms with E-state index in [0.717, 1.165) is 33.2 Å². The van der Waals surface area contributed by atoms with Crippen molar-refractivity contribution in [3.63, 3.8) is 0 Å². The van der Waals surface area contributed by atoms with Gasteiger partial charge in [0.25, 0.3) is 0 Å². The number of thioether (sulfide) groups is 1. The molecule has 9 heteroatoms. The van der Waals surface area contributed by atoms with Gasteiger partial charge in [-0.1, -0.05) is 66.4 Å². The number of benzene rings is 4. The van der Waals surface area contributed by atoms with Crippen LogP contribution in [0.15, 0.2) is 84.0 Å². The van der Waals surface area contributed by atoms with Gasteiger partial charge in [-0.3, -0.25) is 14.7 Å². The van der Waals surface area contributed by atoms with E-state index in [9.17, 15) is 10.1 Å². The van der Waals surface area contributed by atoms with Crippen molar-refractivity contribution in [1.82, 2.24) is 14.8 Å². The Morgan fingerprint density at radius 2 is 1.71 bits per heavy atom. The molecule has 1 aromatic heterocycles. The molecular weight excluding hydrogens is 536 g/mol. The molecule has 4 aromatic carbocycles. The van der Waals surface area contributed by atoms with Crippen molar-refractivity contribution in [3.8, 4) is 17.2 Å². The smallest absolute Gasteiger partial charge is 0.220 e. The van der Waals surface area contributed by atoms with Crippen LogP contribution in [-0.4, -0.2) is 32.8 Å². The van der Waals surface area contributed by atoms with E-state index in [0.29, 0.717) is 35.7 Å². The van der Waals surface area contributed by atoms with Gasteiger partial charge in [-0.2, -0.15) is 0 Å². The number of fused-ring (bicyclic) bond motifs is 1. The van der Waals surface area contributed by atoms with E-state index < -0.39 is 5.25 Å². The van der Waals surface area contributed by atoms with Gasteiger partial charge < -0.3 is 9.47 Å². The molecule has 0 amide bonds. The molecule has 0 bridgehead atoms. The molecule has 0 fully saturated rings. The maximum Gasteiger partial charge on any atom is 0.220 e. The molecule has 0 saturated carbocycles. The highest BCUT2D eigenvalue weighted by Gasteiger charge is 2.25. The van der Waals surface area contributed by atoms with E-state index in [1.54, 1.807) is 0 Å². The molecule has 5 aromatic rings. The van der Waals surface area contributed by atoms with Crippen LogP contribution >= 0.6 is 11.8 Å². The van der Waals surface area contributed by atoms with Crippen LogP contribution in [0.5, 0.6) is 11.5 Å². The van der Waals surface area contributed by atoms with Crippen molar-refractivity contribution in [2.24, 2.45) is 0 Å². The average molecular weight is 569 g/mol. The Morgan fingerprint density at radius 1 is 0.902 bits per heavy atom. The standard InChI is InChI=1S/C32H32N4O4S/c1-5-39-30-18-25(14-16-29(30)40-20-26-11-8-10-24-9-6-7-12-28(24)26)31(19-35(37)38)41-32-34-33-23(4)36(32)27-15-13-21(2)22(3)17-27/h6-18,31H,5,19-20H2,1-4H3/t31-/m0/s1. The number of nitrogens with zero attached hydrogens (tertiary/aromatic N) is 4. The van der Waals surface area contributed by atoms with Crippen molar-refractivity contribution in [2.45, 2.75) is 44.7 Å². The molecule has 0 aliphatic carbocycles. The summed E-state index contributed by atoms with van der Waals surface area (Å²) in [6.07, 6.45) is 0. The molecule has 0 aliphatic heterocycles. The Labute approximate surface area is 243 Å². The van der Waals surface area contributed by atoms with E-state index in [-0.39, 0.29) is 11.5 Å². The zero-order valence-electron chi connectivity index (χ0n) is 23.5. The SMILES string of the molecule is CCOc1cc([C@H](C[N+](=O)[O-])Sc2nnc(C)n2-c2ccc(C)c(C)c2)ccc1OCc1cccc2ccccc12. The topological polar surface area (TPSA) is 92.3 Å². The third kappa shape index (κ3) is 6.36. The number of hydrogen-bond donors (Lipinski definition) is 0. The first kappa shape index (κ1) is 28.2. The van der Waals surface area contributed by atoms with E-state index in [4.69, 9.17) is 9.47 Å². The molecule has 0 saturated heterocycles. The Bertz CT molecular complexity index is 1700. The van der Waals surface area contributed by atoms with Gasteiger partial charge in [-0.15, -0.1) is 10.2 Å². The van der Waals surface area contributed by atoms with Gasteiger partial charge >= 0.3 is 0 Å². The highest BCUT2D eigenvalue weighted by molar-refractivity contribution is 7.99. The average Bonchev–Trinajstić information content (AvgIpc) is 3.33. The number of nitro groups is 1. The van der Waals surface area contributed by atoms with Gasteiger partial charge in [0.15, 0.2) is 16.7 Å². The number of ether oxygens (including phenoxy) is 2. The van der Waals surface area contributed by atoms with Gasteiger partial charge in [0.05, 0.1) is 6.61 Å². The highest BCUT2D eigenvalue weighted by Crippen LogP contribution is 2.40. The fraction of sp³-hybridized carbons (Fsp3) is 0.250. The molecule has 0 spiro atoms. The second-order valence-electron chi connectivity index (χ2n) is 9.82. The van der Waals surface area contributed by atoms with Crippen LogP contribution in [0.4, 0.5) is 0 Å². The van der Waals surface area contributed by atoms with Crippen molar-refractivity contribution in [2.75, 3.05) is 13.2 Å². The van der Waals surface area contributed by atoms with E-state index in [1.165, 1.54) is 17.3 Å². The number of aryl methyl sites for hydroxylation is 3. The molecule has 0 N–H and O–H groups in total. The van der Waals surface area contributed by atoms with Gasteiger partial charge in [0.2, 0.25) is 6.54 Å². The lowest BCUT2D eigenvalue weighted by molar-refractivity contribution is -0.479. The summed E-state index contributed by atoms with van der Waals surface area (Å²) < 4.78 is 14.1. The van der Waals surface area contributed by atoms with E-state index >= 15 is 0 Å². The van der Waals surface area contributed by atoms with E-state index in [1.807, 2.05) is 60.9 Å². The normalized spacial score (nSPS) is 11.9. The quantitative estimate of drug-likeness (QED) is 0.0929. The predicted molar refractivity (Wildman–Crippen MR) is 162 cm³/mol. The minimum absolute atomic E-state index is 0.286. The zero-order chi connectivity index (χ0) is 28.9. The van der Waals surface area contributed by atoms with Crippen molar-refractivity contribution in [1.29, 1.82) is 0 Å². The summed E-state index contributed by atoms with van der Waals surface area (Å²) in [6, 6.07) is 26.0. The minimum atomic E-state index is -0.523. The Hall–Kier alpha value is -4.37. The molecule has 5 rings (SSSR count). The van der Waals surface area contributed by atoms with Gasteiger partial charge in [-0.05, 0) is 85.0 Å². The van der Waals surface area contributed by atoms with Crippen molar-refractivity contribution in [3.05, 3.63) is 117 Å². The van der Waals surface area contributed by atoms with Crippen LogP contribution in [0.1, 0.15) is 40.3 Å². The number of aromatic nitrogens is 3. The fourth-order valence-electron chi connectivity index (χ4n) is 4.74. The molecule has 0 radical (unpaired) electrons. The Balaban J connectivity index is 1.44. The number of rotatable bonds is 11. The van der Waals surface area contributed by atoms with Gasteiger partial charge in [-0.25, -0.2) is 0 Å². The summed E-state index contributed by atoms with van der Waals surface area (Å²) in [5.41, 5.74) is 5.07. The molecule has 1 atom stereocenters. The third-order valence-electron chi connectivity index (χ3n) is 7.01. The summed E-state index contributed by atoms with van der Waals surface area (Å²) in [4.78, 5) is 11.5. The monoisotopic (exact) mass is 568 g/mol. The van der Waals surface area contributed by atoms with Gasteiger partial charge in [0.1, 0.15) is 17.7 Å². The molecular formula is C32H32N4O4S. The van der Waals surface area contributed by atoms with Crippen LogP contribution in [0, 0.1) is 30.9 Å². The van der Waals surface area contributed by atoms with Crippen molar-refractivity contribution >= 4 is 22.5 Å². The summed E-state index contributed by atoms with van der Waals surface area (Å²) in [5, 5.41) is 22.8. The molecule has 0 aliphatic rings. The second kappa shape index (κ2) is 12.4. The lowest BCUT2D eigenvalue weighted by Gasteiger charge is -2.18. The Morgan fingerprint density at radius 3 is 2.49 bits per heavy atom. The lowest BCUT2D eigenvalue weighted by atomic mass is 10.1. The highest BCUT2D eigenvalue weighted by atomic mass is 32.2. The summed E-state index contributed by atoms with van der Waals surface area (Å²) in [6.45, 7) is 8.41. The molecule has 210 valence electrons. The predicted octanol–water partition coefficient (Wildman–Crippen LogP) is 7.43. The molecule has 0 unspecified atom stereocenters. The molecule has 41 heavy (non-hydrogen) atoms. The summed E-state index contributed by atoms with van der Waals surface area (Å²) in [5.74, 6) is 1.84. The van der Waals surface area contributed by atoms with Crippen LogP contribution in [0.25, 0.3) is 16.5 Å². The van der Waals surface area contributed by atoms with Crippen molar-refractivity contribution < 1.29 is 14.4 Å². The number of hydrogen-bond acceptors (Lipinski definition) is 7. The first-order chi connectivity index (χ1) is 19.8. The first-order valence-electron chi connectivity index (χ1n) is 13.5. The Kier molecular flexibility index (Phi) is 8.54. The second-order valence-corrected chi connectivity index (χ2v) is 11.0. The first-order valence-corrected chi connectivity index (χ1v) is 14.4. The van der Waals surface area contributed by atoms with Crippen LogP contribution in [-0.2, 0) is 6.61 Å². The van der Waals surface area contributed by atoms with Crippen LogP contribution < -0.4 is 9.47 Å². The summed E-state index contributed by atoms with van der Waals surface area (Å²) in [7, 11) is 0. The fourth-order valence-corrected chi connectivity index (χ4v) is 5.91. The largest absolute Gasteiger partial charge is 0.490 e. The lowest BCUT2D eigenvalue weighted by Crippen LogP contribution is -2.12. The van der Waals surface area contributed by atoms with Crippen LogP contribution in [0.3, 0.4) is 0 Å². The maximum atomic E-state index is 11.8. The maximum absolute atomic E-state index is 11.8.